The summed E-state index contributed by atoms with van der Waals surface area (Å²) in [5.74, 6) is 2.14. The van der Waals surface area contributed by atoms with Gasteiger partial charge in [0, 0.05) is 5.38 Å². The first-order valence-electron chi connectivity index (χ1n) is 5.47. The third kappa shape index (κ3) is 4.60. The van der Waals surface area contributed by atoms with Gasteiger partial charge in [-0.2, -0.15) is 11.8 Å². The molecule has 1 aliphatic rings. The van der Waals surface area contributed by atoms with Gasteiger partial charge in [0.2, 0.25) is 0 Å². The molecule has 1 atom stereocenters. The van der Waals surface area contributed by atoms with Crippen molar-refractivity contribution < 1.29 is 0 Å². The van der Waals surface area contributed by atoms with Gasteiger partial charge in [-0.3, -0.25) is 0 Å². The Bertz CT molecular complexity index is 121. The van der Waals surface area contributed by atoms with E-state index in [4.69, 9.17) is 11.6 Å². The fourth-order valence-corrected chi connectivity index (χ4v) is 3.04. The molecular formula is C11H21ClS. The zero-order valence-corrected chi connectivity index (χ0v) is 10.2. The smallest absolute Gasteiger partial charge is 0.0364 e. The van der Waals surface area contributed by atoms with Crippen LogP contribution in [0.15, 0.2) is 0 Å². The zero-order valence-electron chi connectivity index (χ0n) is 8.60. The largest absolute Gasteiger partial charge is 0.165 e. The summed E-state index contributed by atoms with van der Waals surface area (Å²) >= 11 is 8.30. The lowest BCUT2D eigenvalue weighted by Crippen LogP contribution is -2.10. The highest BCUT2D eigenvalue weighted by Crippen LogP contribution is 2.32. The molecule has 0 amide bonds. The molecule has 0 nitrogen and oxygen atoms in total. The Morgan fingerprint density at radius 1 is 1.31 bits per heavy atom. The Kier molecular flexibility index (Phi) is 6.31. The van der Waals surface area contributed by atoms with Crippen molar-refractivity contribution >= 4 is 23.4 Å². The summed E-state index contributed by atoms with van der Waals surface area (Å²) in [4.78, 5) is 0. The van der Waals surface area contributed by atoms with Crippen LogP contribution in [0, 0.1) is 5.92 Å². The Morgan fingerprint density at radius 3 is 2.62 bits per heavy atom. The van der Waals surface area contributed by atoms with Crippen LogP contribution >= 0.6 is 23.4 Å². The van der Waals surface area contributed by atoms with Crippen molar-refractivity contribution in [1.29, 1.82) is 0 Å². The first kappa shape index (κ1) is 11.7. The van der Waals surface area contributed by atoms with Crippen molar-refractivity contribution in [1.82, 2.24) is 0 Å². The topological polar surface area (TPSA) is 0 Å². The average molecular weight is 221 g/mol. The molecule has 0 aromatic rings. The van der Waals surface area contributed by atoms with Gasteiger partial charge < -0.3 is 0 Å². The third-order valence-corrected chi connectivity index (χ3v) is 4.26. The Morgan fingerprint density at radius 2 is 2.00 bits per heavy atom. The van der Waals surface area contributed by atoms with Gasteiger partial charge in [-0.1, -0.05) is 19.3 Å². The summed E-state index contributed by atoms with van der Waals surface area (Å²) in [6.45, 7) is 0. The van der Waals surface area contributed by atoms with E-state index in [-0.39, 0.29) is 0 Å². The summed E-state index contributed by atoms with van der Waals surface area (Å²) in [5, 5.41) is 0.476. The van der Waals surface area contributed by atoms with Crippen LogP contribution in [0.2, 0.25) is 0 Å². The fraction of sp³-hybridized carbons (Fsp3) is 1.00. The first-order valence-corrected chi connectivity index (χ1v) is 7.30. The molecule has 0 aromatic heterocycles. The van der Waals surface area contributed by atoms with E-state index in [0.717, 1.165) is 5.92 Å². The summed E-state index contributed by atoms with van der Waals surface area (Å²) in [5.41, 5.74) is 0. The zero-order chi connectivity index (χ0) is 9.52. The minimum Gasteiger partial charge on any atom is -0.165 e. The van der Waals surface area contributed by atoms with Crippen LogP contribution in [-0.2, 0) is 0 Å². The minimum absolute atomic E-state index is 0.476. The van der Waals surface area contributed by atoms with Gasteiger partial charge in [0.25, 0.3) is 0 Å². The van der Waals surface area contributed by atoms with Crippen LogP contribution in [0.4, 0.5) is 0 Å². The van der Waals surface area contributed by atoms with Gasteiger partial charge in [-0.25, -0.2) is 0 Å². The van der Waals surface area contributed by atoms with Crippen LogP contribution in [0.5, 0.6) is 0 Å². The molecule has 0 aromatic carbocycles. The number of alkyl halides is 1. The predicted molar refractivity (Wildman–Crippen MR) is 63.8 cm³/mol. The Balaban J connectivity index is 1.99. The van der Waals surface area contributed by atoms with Gasteiger partial charge in [0.05, 0.1) is 0 Å². The number of hydrogen-bond acceptors (Lipinski definition) is 1. The molecule has 1 unspecified atom stereocenters. The van der Waals surface area contributed by atoms with Crippen molar-refractivity contribution in [3.8, 4) is 0 Å². The Hall–Kier alpha value is 0.640. The molecule has 0 saturated heterocycles. The molecule has 0 N–H and O–H groups in total. The Labute approximate surface area is 91.8 Å². The van der Waals surface area contributed by atoms with Crippen LogP contribution in [0.3, 0.4) is 0 Å². The maximum Gasteiger partial charge on any atom is 0.0364 e. The SMILES string of the molecule is CSCCCCC(Cl)C1CCCC1. The summed E-state index contributed by atoms with van der Waals surface area (Å²) in [7, 11) is 0. The van der Waals surface area contributed by atoms with E-state index >= 15 is 0 Å². The van der Waals surface area contributed by atoms with Crippen molar-refractivity contribution in [3.63, 3.8) is 0 Å². The highest BCUT2D eigenvalue weighted by atomic mass is 35.5. The molecule has 0 heterocycles. The van der Waals surface area contributed by atoms with Gasteiger partial charge in [0.15, 0.2) is 0 Å². The van der Waals surface area contributed by atoms with Gasteiger partial charge in [0.1, 0.15) is 0 Å². The van der Waals surface area contributed by atoms with Gasteiger partial charge in [-0.15, -0.1) is 11.6 Å². The van der Waals surface area contributed by atoms with E-state index in [9.17, 15) is 0 Å². The maximum absolute atomic E-state index is 6.36. The van der Waals surface area contributed by atoms with Crippen molar-refractivity contribution in [3.05, 3.63) is 0 Å². The van der Waals surface area contributed by atoms with Gasteiger partial charge in [-0.05, 0) is 43.6 Å². The summed E-state index contributed by atoms with van der Waals surface area (Å²) in [6, 6.07) is 0. The van der Waals surface area contributed by atoms with E-state index in [1.165, 1.54) is 50.7 Å². The van der Waals surface area contributed by atoms with E-state index < -0.39 is 0 Å². The van der Waals surface area contributed by atoms with E-state index in [1.54, 1.807) is 0 Å². The lowest BCUT2D eigenvalue weighted by atomic mass is 9.99. The van der Waals surface area contributed by atoms with Crippen LogP contribution in [0.1, 0.15) is 44.9 Å². The van der Waals surface area contributed by atoms with Crippen molar-refractivity contribution in [2.75, 3.05) is 12.0 Å². The number of unbranched alkanes of at least 4 members (excludes halogenated alkanes) is 1. The molecule has 0 radical (unpaired) electrons. The molecule has 2 heteroatoms. The highest BCUT2D eigenvalue weighted by molar-refractivity contribution is 7.98. The summed E-state index contributed by atoms with van der Waals surface area (Å²) < 4.78 is 0. The molecule has 0 aliphatic heterocycles. The molecule has 1 aliphatic carbocycles. The van der Waals surface area contributed by atoms with Crippen LogP contribution < -0.4 is 0 Å². The summed E-state index contributed by atoms with van der Waals surface area (Å²) in [6.07, 6.45) is 11.7. The molecule has 1 rings (SSSR count). The second-order valence-electron chi connectivity index (χ2n) is 4.05. The highest BCUT2D eigenvalue weighted by Gasteiger charge is 2.22. The standard InChI is InChI=1S/C11H21ClS/c1-13-9-5-4-8-11(12)10-6-2-3-7-10/h10-11H,2-9H2,1H3. The molecule has 0 bridgehead atoms. The number of thioether (sulfide) groups is 1. The molecular weight excluding hydrogens is 200 g/mol. The van der Waals surface area contributed by atoms with Gasteiger partial charge >= 0.3 is 0 Å². The molecule has 1 fully saturated rings. The van der Waals surface area contributed by atoms with Crippen molar-refractivity contribution in [2.24, 2.45) is 5.92 Å². The minimum atomic E-state index is 0.476. The number of hydrogen-bond donors (Lipinski definition) is 0. The van der Waals surface area contributed by atoms with E-state index in [0.29, 0.717) is 5.38 Å². The normalized spacial score (nSPS) is 20.8. The third-order valence-electron chi connectivity index (χ3n) is 2.99. The lowest BCUT2D eigenvalue weighted by Gasteiger charge is -2.15. The van der Waals surface area contributed by atoms with Crippen LogP contribution in [0.25, 0.3) is 0 Å². The average Bonchev–Trinajstić information content (AvgIpc) is 2.65. The molecule has 78 valence electrons. The van der Waals surface area contributed by atoms with Crippen LogP contribution in [-0.4, -0.2) is 17.4 Å². The van der Waals surface area contributed by atoms with E-state index in [2.05, 4.69) is 6.26 Å². The fourth-order valence-electron chi connectivity index (χ4n) is 2.14. The molecule has 13 heavy (non-hydrogen) atoms. The number of halogens is 1. The second-order valence-corrected chi connectivity index (χ2v) is 5.60. The second kappa shape index (κ2) is 7.00. The first-order chi connectivity index (χ1) is 6.34. The predicted octanol–water partition coefficient (Wildman–Crippen LogP) is 4.32. The monoisotopic (exact) mass is 220 g/mol. The van der Waals surface area contributed by atoms with Crippen molar-refractivity contribution in [2.45, 2.75) is 50.3 Å². The number of rotatable bonds is 6. The van der Waals surface area contributed by atoms with E-state index in [1.807, 2.05) is 11.8 Å². The quantitative estimate of drug-likeness (QED) is 0.475. The molecule has 0 spiro atoms. The molecule has 1 saturated carbocycles. The maximum atomic E-state index is 6.36. The lowest BCUT2D eigenvalue weighted by molar-refractivity contribution is 0.481.